The molecule has 1 fully saturated rings. The van der Waals surface area contributed by atoms with Crippen molar-refractivity contribution in [3.05, 3.63) is 71.3 Å². The van der Waals surface area contributed by atoms with E-state index in [1.54, 1.807) is 24.3 Å². The fraction of sp³-hybridized carbons (Fsp3) is 0.333. The fourth-order valence-corrected chi connectivity index (χ4v) is 3.14. The van der Waals surface area contributed by atoms with Crippen molar-refractivity contribution in [1.82, 2.24) is 4.90 Å². The van der Waals surface area contributed by atoms with Crippen molar-refractivity contribution in [2.45, 2.75) is 31.9 Å². The Morgan fingerprint density at radius 2 is 2.00 bits per heavy atom. The van der Waals surface area contributed by atoms with Crippen LogP contribution in [0.5, 0.6) is 0 Å². The monoisotopic (exact) mass is 334 g/mol. The lowest BCUT2D eigenvalue weighted by Crippen LogP contribution is -2.58. The molecule has 1 amide bonds. The van der Waals surface area contributed by atoms with Gasteiger partial charge >= 0.3 is 0 Å². The second-order valence-corrected chi connectivity index (χ2v) is 7.04. The summed E-state index contributed by atoms with van der Waals surface area (Å²) in [7, 11) is 0. The minimum absolute atomic E-state index is 0.0291. The maximum Gasteiger partial charge on any atom is 0.254 e. The van der Waals surface area contributed by atoms with Gasteiger partial charge in [-0.05, 0) is 37.6 Å². The Morgan fingerprint density at radius 1 is 1.24 bits per heavy atom. The molecule has 128 valence electrons. The standard InChI is InChI=1S/C21H22N2O2/c1-21(2)15-25-19(12-16-7-4-3-5-8-16)14-23(21)20(24)18-10-6-9-17(11-18)13-22/h3-11,19H,12,14-15H2,1-2H3. The topological polar surface area (TPSA) is 53.3 Å². The Morgan fingerprint density at radius 3 is 2.72 bits per heavy atom. The number of morpholine rings is 1. The van der Waals surface area contributed by atoms with Crippen molar-refractivity contribution in [3.8, 4) is 6.07 Å². The lowest BCUT2D eigenvalue weighted by Gasteiger charge is -2.45. The minimum atomic E-state index is -0.382. The van der Waals surface area contributed by atoms with Gasteiger partial charge in [-0.25, -0.2) is 0 Å². The Labute approximate surface area is 148 Å². The molecule has 1 atom stereocenters. The van der Waals surface area contributed by atoms with Crippen LogP contribution in [0.2, 0.25) is 0 Å². The van der Waals surface area contributed by atoms with E-state index >= 15 is 0 Å². The zero-order chi connectivity index (χ0) is 17.9. The first kappa shape index (κ1) is 17.2. The maximum absolute atomic E-state index is 13.0. The van der Waals surface area contributed by atoms with Crippen molar-refractivity contribution in [1.29, 1.82) is 5.26 Å². The van der Waals surface area contributed by atoms with Crippen LogP contribution in [0.1, 0.15) is 35.3 Å². The molecule has 1 aliphatic heterocycles. The molecule has 1 heterocycles. The van der Waals surface area contributed by atoms with E-state index in [4.69, 9.17) is 10.00 Å². The zero-order valence-corrected chi connectivity index (χ0v) is 14.6. The molecule has 2 aromatic rings. The summed E-state index contributed by atoms with van der Waals surface area (Å²) in [5, 5.41) is 9.07. The van der Waals surface area contributed by atoms with E-state index in [0.29, 0.717) is 24.3 Å². The quantitative estimate of drug-likeness (QED) is 0.864. The van der Waals surface area contributed by atoms with Crippen LogP contribution in [0.15, 0.2) is 54.6 Å². The van der Waals surface area contributed by atoms with Crippen LogP contribution in [0, 0.1) is 11.3 Å². The van der Waals surface area contributed by atoms with Gasteiger partial charge in [-0.2, -0.15) is 5.26 Å². The molecule has 1 aliphatic rings. The molecule has 2 aromatic carbocycles. The van der Waals surface area contributed by atoms with Crippen molar-refractivity contribution in [2.24, 2.45) is 0 Å². The second-order valence-electron chi connectivity index (χ2n) is 7.04. The van der Waals surface area contributed by atoms with E-state index in [0.717, 1.165) is 6.42 Å². The third-order valence-electron chi connectivity index (χ3n) is 4.58. The second kappa shape index (κ2) is 7.08. The van der Waals surface area contributed by atoms with Crippen molar-refractivity contribution in [2.75, 3.05) is 13.2 Å². The number of carbonyl (C=O) groups is 1. The predicted molar refractivity (Wildman–Crippen MR) is 96.2 cm³/mol. The molecule has 1 saturated heterocycles. The van der Waals surface area contributed by atoms with Crippen LogP contribution in [0.3, 0.4) is 0 Å². The molecule has 0 radical (unpaired) electrons. The molecule has 4 nitrogen and oxygen atoms in total. The van der Waals surface area contributed by atoms with Crippen LogP contribution < -0.4 is 0 Å². The number of nitrogens with zero attached hydrogens (tertiary/aromatic N) is 2. The third-order valence-corrected chi connectivity index (χ3v) is 4.58. The highest BCUT2D eigenvalue weighted by Gasteiger charge is 2.38. The molecule has 0 aliphatic carbocycles. The number of nitriles is 1. The number of benzene rings is 2. The van der Waals surface area contributed by atoms with Gasteiger partial charge in [0.05, 0.1) is 29.9 Å². The van der Waals surface area contributed by atoms with E-state index < -0.39 is 0 Å². The highest BCUT2D eigenvalue weighted by atomic mass is 16.5. The highest BCUT2D eigenvalue weighted by Crippen LogP contribution is 2.26. The summed E-state index contributed by atoms with van der Waals surface area (Å²) >= 11 is 0. The van der Waals surface area contributed by atoms with E-state index in [1.807, 2.05) is 36.9 Å². The molecule has 0 N–H and O–H groups in total. The van der Waals surface area contributed by atoms with Gasteiger partial charge in [0.1, 0.15) is 0 Å². The molecular weight excluding hydrogens is 312 g/mol. The normalized spacial score (nSPS) is 19.2. The summed E-state index contributed by atoms with van der Waals surface area (Å²) in [6, 6.07) is 19.1. The SMILES string of the molecule is CC1(C)COC(Cc2ccccc2)CN1C(=O)c1cccc(C#N)c1. The van der Waals surface area contributed by atoms with Crippen LogP contribution in [-0.4, -0.2) is 35.6 Å². The Kier molecular flexibility index (Phi) is 4.87. The predicted octanol–water partition coefficient (Wildman–Crippen LogP) is 3.42. The van der Waals surface area contributed by atoms with Crippen molar-refractivity contribution >= 4 is 5.91 Å². The first-order valence-corrected chi connectivity index (χ1v) is 8.47. The van der Waals surface area contributed by atoms with Crippen molar-refractivity contribution < 1.29 is 9.53 Å². The summed E-state index contributed by atoms with van der Waals surface area (Å²) in [6.45, 7) is 5.06. The summed E-state index contributed by atoms with van der Waals surface area (Å²) < 4.78 is 6.01. The molecule has 0 bridgehead atoms. The molecule has 0 spiro atoms. The lowest BCUT2D eigenvalue weighted by molar-refractivity contribution is -0.0821. The number of rotatable bonds is 3. The third kappa shape index (κ3) is 3.89. The molecule has 3 rings (SSSR count). The lowest BCUT2D eigenvalue weighted by atomic mass is 9.96. The van der Waals surface area contributed by atoms with E-state index in [1.165, 1.54) is 5.56 Å². The number of carbonyl (C=O) groups excluding carboxylic acids is 1. The van der Waals surface area contributed by atoms with E-state index in [2.05, 4.69) is 18.2 Å². The average molecular weight is 334 g/mol. The van der Waals surface area contributed by atoms with Gasteiger partial charge < -0.3 is 9.64 Å². The van der Waals surface area contributed by atoms with Gasteiger partial charge in [0.25, 0.3) is 5.91 Å². The number of amides is 1. The Hall–Kier alpha value is -2.64. The smallest absolute Gasteiger partial charge is 0.254 e. The summed E-state index contributed by atoms with van der Waals surface area (Å²) in [6.07, 6.45) is 0.748. The van der Waals surface area contributed by atoms with Gasteiger partial charge in [0.15, 0.2) is 0 Å². The summed E-state index contributed by atoms with van der Waals surface area (Å²) in [5.74, 6) is -0.0524. The molecular formula is C21H22N2O2. The van der Waals surface area contributed by atoms with Crippen LogP contribution in [0.25, 0.3) is 0 Å². The van der Waals surface area contributed by atoms with Gasteiger partial charge in [-0.1, -0.05) is 36.4 Å². The van der Waals surface area contributed by atoms with Gasteiger partial charge in [0, 0.05) is 18.5 Å². The summed E-state index contributed by atoms with van der Waals surface area (Å²) in [5.41, 5.74) is 1.86. The fourth-order valence-electron chi connectivity index (χ4n) is 3.14. The highest BCUT2D eigenvalue weighted by molar-refractivity contribution is 5.95. The van der Waals surface area contributed by atoms with Crippen LogP contribution in [0.4, 0.5) is 0 Å². The van der Waals surface area contributed by atoms with Gasteiger partial charge in [0.2, 0.25) is 0 Å². The van der Waals surface area contributed by atoms with E-state index in [-0.39, 0.29) is 17.6 Å². The van der Waals surface area contributed by atoms with E-state index in [9.17, 15) is 4.79 Å². The molecule has 0 saturated carbocycles. The summed E-state index contributed by atoms with van der Waals surface area (Å²) in [4.78, 5) is 14.9. The molecule has 25 heavy (non-hydrogen) atoms. The first-order valence-electron chi connectivity index (χ1n) is 8.47. The Bertz CT molecular complexity index is 793. The molecule has 0 aromatic heterocycles. The molecule has 4 heteroatoms. The first-order chi connectivity index (χ1) is 12.0. The van der Waals surface area contributed by atoms with Crippen LogP contribution in [-0.2, 0) is 11.2 Å². The number of hydrogen-bond acceptors (Lipinski definition) is 3. The van der Waals surface area contributed by atoms with Crippen LogP contribution >= 0.6 is 0 Å². The maximum atomic E-state index is 13.0. The van der Waals surface area contributed by atoms with Gasteiger partial charge in [-0.3, -0.25) is 4.79 Å². The molecule has 1 unspecified atom stereocenters. The minimum Gasteiger partial charge on any atom is -0.374 e. The number of hydrogen-bond donors (Lipinski definition) is 0. The van der Waals surface area contributed by atoms with Gasteiger partial charge in [-0.15, -0.1) is 0 Å². The van der Waals surface area contributed by atoms with Crippen molar-refractivity contribution in [3.63, 3.8) is 0 Å². The zero-order valence-electron chi connectivity index (χ0n) is 14.6. The largest absolute Gasteiger partial charge is 0.374 e. The number of ether oxygens (including phenoxy) is 1. The Balaban J connectivity index is 1.79. The average Bonchev–Trinajstić information content (AvgIpc) is 2.63.